The number of thiophene rings is 1. The van der Waals surface area contributed by atoms with Crippen LogP contribution < -0.4 is 0 Å². The van der Waals surface area contributed by atoms with Gasteiger partial charge in [0.2, 0.25) is 11.7 Å². The Labute approximate surface area is 101 Å². The summed E-state index contributed by atoms with van der Waals surface area (Å²) in [5.41, 5.74) is 2.17. The van der Waals surface area contributed by atoms with Crippen molar-refractivity contribution in [2.24, 2.45) is 0 Å². The van der Waals surface area contributed by atoms with Crippen molar-refractivity contribution in [1.29, 1.82) is 5.26 Å². The fraction of sp³-hybridized carbons (Fsp3) is 0.300. The van der Waals surface area contributed by atoms with E-state index in [9.17, 15) is 0 Å². The van der Waals surface area contributed by atoms with E-state index in [4.69, 9.17) is 9.78 Å². The van der Waals surface area contributed by atoms with Crippen LogP contribution in [0.15, 0.2) is 15.3 Å². The van der Waals surface area contributed by atoms with Gasteiger partial charge >= 0.3 is 0 Å². The van der Waals surface area contributed by atoms with Crippen LogP contribution >= 0.6 is 23.1 Å². The van der Waals surface area contributed by atoms with E-state index in [2.05, 4.69) is 21.6 Å². The Balaban J connectivity index is 2.09. The number of nitriles is 1. The Hall–Kier alpha value is -1.32. The lowest BCUT2D eigenvalue weighted by Gasteiger charge is -1.89. The number of aryl methyl sites for hydroxylation is 1. The molecule has 0 saturated carbocycles. The van der Waals surface area contributed by atoms with Gasteiger partial charge in [-0.25, -0.2) is 0 Å². The topological polar surface area (TPSA) is 62.7 Å². The molecule has 2 rings (SSSR count). The van der Waals surface area contributed by atoms with Crippen molar-refractivity contribution >= 4 is 23.1 Å². The molecule has 2 aromatic heterocycles. The van der Waals surface area contributed by atoms with Gasteiger partial charge in [-0.3, -0.25) is 0 Å². The average Bonchev–Trinajstić information content (AvgIpc) is 2.87. The normalized spacial score (nSPS) is 10.2. The molecule has 0 amide bonds. The van der Waals surface area contributed by atoms with Crippen molar-refractivity contribution in [1.82, 2.24) is 10.1 Å². The van der Waals surface area contributed by atoms with Crippen molar-refractivity contribution in [3.63, 3.8) is 0 Å². The maximum atomic E-state index is 8.40. The first kappa shape index (κ1) is 11.2. The van der Waals surface area contributed by atoms with Crippen LogP contribution in [0.2, 0.25) is 0 Å². The highest BCUT2D eigenvalue weighted by atomic mass is 32.2. The number of hydrogen-bond donors (Lipinski definition) is 0. The SMILES string of the molecule is Cc1cscc1-c1noc(CSCC#N)n1. The van der Waals surface area contributed by atoms with Crippen molar-refractivity contribution in [3.8, 4) is 17.5 Å². The molecule has 0 saturated heterocycles. The monoisotopic (exact) mass is 251 g/mol. The third kappa shape index (κ3) is 2.43. The Morgan fingerprint density at radius 1 is 1.56 bits per heavy atom. The highest BCUT2D eigenvalue weighted by Gasteiger charge is 2.11. The van der Waals surface area contributed by atoms with Gasteiger partial charge in [0.25, 0.3) is 0 Å². The third-order valence-corrected chi connectivity index (χ3v) is 3.60. The van der Waals surface area contributed by atoms with Crippen LogP contribution in [0.1, 0.15) is 11.5 Å². The van der Waals surface area contributed by atoms with Gasteiger partial charge in [-0.2, -0.15) is 21.6 Å². The molecule has 0 aliphatic carbocycles. The Morgan fingerprint density at radius 3 is 3.12 bits per heavy atom. The summed E-state index contributed by atoms with van der Waals surface area (Å²) in [6, 6.07) is 2.06. The quantitative estimate of drug-likeness (QED) is 0.782. The molecule has 2 aromatic rings. The highest BCUT2D eigenvalue weighted by molar-refractivity contribution is 7.98. The van der Waals surface area contributed by atoms with Gasteiger partial charge in [0.1, 0.15) is 0 Å². The predicted octanol–water partition coefficient (Wildman–Crippen LogP) is 2.86. The summed E-state index contributed by atoms with van der Waals surface area (Å²) in [5, 5.41) is 16.4. The zero-order valence-electron chi connectivity index (χ0n) is 8.64. The number of rotatable bonds is 4. The maximum absolute atomic E-state index is 8.40. The minimum Gasteiger partial charge on any atom is -0.338 e. The molecule has 0 atom stereocenters. The minimum absolute atomic E-state index is 0.440. The van der Waals surface area contributed by atoms with E-state index < -0.39 is 0 Å². The van der Waals surface area contributed by atoms with E-state index >= 15 is 0 Å². The Kier molecular flexibility index (Phi) is 3.59. The molecule has 6 heteroatoms. The molecular formula is C10H9N3OS2. The summed E-state index contributed by atoms with van der Waals surface area (Å²) >= 11 is 3.09. The van der Waals surface area contributed by atoms with Crippen LogP contribution in [0.4, 0.5) is 0 Å². The van der Waals surface area contributed by atoms with E-state index in [0.717, 1.165) is 11.1 Å². The lowest BCUT2D eigenvalue weighted by molar-refractivity contribution is 0.391. The molecule has 0 N–H and O–H groups in total. The van der Waals surface area contributed by atoms with Crippen molar-refractivity contribution in [2.75, 3.05) is 5.75 Å². The molecule has 2 heterocycles. The molecule has 0 aromatic carbocycles. The Morgan fingerprint density at radius 2 is 2.44 bits per heavy atom. The zero-order valence-corrected chi connectivity index (χ0v) is 10.3. The molecule has 82 valence electrons. The van der Waals surface area contributed by atoms with Crippen molar-refractivity contribution in [3.05, 3.63) is 22.2 Å². The molecule has 0 aliphatic heterocycles. The molecule has 4 nitrogen and oxygen atoms in total. The standard InChI is InChI=1S/C10H9N3OS2/c1-7-4-16-5-8(7)10-12-9(14-13-10)6-15-3-2-11/h4-5H,3,6H2,1H3. The van der Waals surface area contributed by atoms with Crippen LogP contribution in [-0.4, -0.2) is 15.9 Å². The van der Waals surface area contributed by atoms with Crippen molar-refractivity contribution < 1.29 is 4.52 Å². The minimum atomic E-state index is 0.440. The molecule has 0 bridgehead atoms. The molecule has 0 unspecified atom stereocenters. The van der Waals surface area contributed by atoms with Crippen LogP contribution in [0.25, 0.3) is 11.4 Å². The number of nitrogens with zero attached hydrogens (tertiary/aromatic N) is 3. The second-order valence-corrected chi connectivity index (χ2v) is 4.86. The smallest absolute Gasteiger partial charge is 0.236 e. The lowest BCUT2D eigenvalue weighted by Crippen LogP contribution is -1.83. The highest BCUT2D eigenvalue weighted by Crippen LogP contribution is 2.24. The zero-order chi connectivity index (χ0) is 11.4. The van der Waals surface area contributed by atoms with Crippen LogP contribution in [-0.2, 0) is 5.75 Å². The molecule has 0 aliphatic rings. The van der Waals surface area contributed by atoms with E-state index in [1.54, 1.807) is 11.3 Å². The van der Waals surface area contributed by atoms with E-state index in [-0.39, 0.29) is 0 Å². The van der Waals surface area contributed by atoms with Crippen molar-refractivity contribution in [2.45, 2.75) is 12.7 Å². The predicted molar refractivity (Wildman–Crippen MR) is 64.1 cm³/mol. The number of thioether (sulfide) groups is 1. The van der Waals surface area contributed by atoms with Crippen LogP contribution in [0.3, 0.4) is 0 Å². The summed E-state index contributed by atoms with van der Waals surface area (Å²) in [6.45, 7) is 2.02. The summed E-state index contributed by atoms with van der Waals surface area (Å²) in [6.07, 6.45) is 0. The van der Waals surface area contributed by atoms with Gasteiger partial charge < -0.3 is 4.52 Å². The van der Waals surface area contributed by atoms with Gasteiger partial charge in [-0.05, 0) is 17.9 Å². The first-order valence-electron chi connectivity index (χ1n) is 4.61. The van der Waals surface area contributed by atoms with Gasteiger partial charge in [0, 0.05) is 10.9 Å². The number of hydrogen-bond acceptors (Lipinski definition) is 6. The van der Waals surface area contributed by atoms with Crippen LogP contribution in [0, 0.1) is 18.3 Å². The summed E-state index contributed by atoms with van der Waals surface area (Å²) < 4.78 is 5.10. The summed E-state index contributed by atoms with van der Waals surface area (Å²) in [4.78, 5) is 4.28. The second-order valence-electron chi connectivity index (χ2n) is 3.13. The second kappa shape index (κ2) is 5.14. The fourth-order valence-electron chi connectivity index (χ4n) is 1.20. The molecular weight excluding hydrogens is 242 g/mol. The van der Waals surface area contributed by atoms with Crippen LogP contribution in [0.5, 0.6) is 0 Å². The van der Waals surface area contributed by atoms with E-state index in [1.165, 1.54) is 11.8 Å². The largest absolute Gasteiger partial charge is 0.338 e. The maximum Gasteiger partial charge on any atom is 0.236 e. The first-order chi connectivity index (χ1) is 7.81. The average molecular weight is 251 g/mol. The number of aromatic nitrogens is 2. The Bertz CT molecular complexity index is 512. The molecule has 0 radical (unpaired) electrons. The molecule has 16 heavy (non-hydrogen) atoms. The third-order valence-electron chi connectivity index (χ3n) is 1.96. The van der Waals surface area contributed by atoms with E-state index in [1.807, 2.05) is 12.3 Å². The van der Waals surface area contributed by atoms with E-state index in [0.29, 0.717) is 23.2 Å². The fourth-order valence-corrected chi connectivity index (χ4v) is 2.51. The molecule has 0 fully saturated rings. The lowest BCUT2D eigenvalue weighted by atomic mass is 10.2. The van der Waals surface area contributed by atoms with Gasteiger partial charge in [-0.15, -0.1) is 11.8 Å². The van der Waals surface area contributed by atoms with Gasteiger partial charge in [0.15, 0.2) is 0 Å². The first-order valence-corrected chi connectivity index (χ1v) is 6.71. The van der Waals surface area contributed by atoms with Gasteiger partial charge in [-0.1, -0.05) is 5.16 Å². The van der Waals surface area contributed by atoms with Gasteiger partial charge in [0.05, 0.1) is 17.6 Å². The summed E-state index contributed by atoms with van der Waals surface area (Å²) in [7, 11) is 0. The summed E-state index contributed by atoms with van der Waals surface area (Å²) in [5.74, 6) is 2.23. The molecule has 0 spiro atoms.